The fraction of sp³-hybridized carbons (Fsp3) is 0.357. The van der Waals surface area contributed by atoms with Crippen LogP contribution in [0.5, 0.6) is 0 Å². The normalized spacial score (nSPS) is 11.1. The number of oxazole rings is 1. The van der Waals surface area contributed by atoms with Crippen LogP contribution in [0.4, 0.5) is 5.13 Å². The number of aryl methyl sites for hydroxylation is 1. The molecule has 3 rings (SSSR count). The van der Waals surface area contributed by atoms with Gasteiger partial charge in [-0.05, 0) is 18.6 Å². The zero-order valence-corrected chi connectivity index (χ0v) is 13.7. The first-order valence-corrected chi connectivity index (χ1v) is 8.86. The monoisotopic (exact) mass is 336 g/mol. The average molecular weight is 336 g/mol. The second kappa shape index (κ2) is 6.97. The number of hydrogen-bond donors (Lipinski definition) is 1. The molecule has 0 spiro atoms. The molecule has 8 heteroatoms. The van der Waals surface area contributed by atoms with Gasteiger partial charge in [0.05, 0.1) is 5.52 Å². The highest BCUT2D eigenvalue weighted by molar-refractivity contribution is 8.01. The standard InChI is InChI=1S/C14H16N4O2S2/c1-2-7-15-12-16-17-13(22-12)21-9-8-18-10-5-3-4-6-11(10)20-14(18)19/h3-6H,2,7-9H2,1H3,(H,15,16). The van der Waals surface area contributed by atoms with Gasteiger partial charge in [-0.2, -0.15) is 0 Å². The van der Waals surface area contributed by atoms with Gasteiger partial charge in [0.2, 0.25) is 5.13 Å². The number of hydrogen-bond acceptors (Lipinski definition) is 7. The van der Waals surface area contributed by atoms with Crippen molar-refractivity contribution in [2.24, 2.45) is 0 Å². The van der Waals surface area contributed by atoms with Crippen LogP contribution >= 0.6 is 23.1 Å². The van der Waals surface area contributed by atoms with E-state index in [1.807, 2.05) is 18.2 Å². The van der Waals surface area contributed by atoms with Crippen molar-refractivity contribution in [1.29, 1.82) is 0 Å². The number of nitrogens with zero attached hydrogens (tertiary/aromatic N) is 3. The summed E-state index contributed by atoms with van der Waals surface area (Å²) in [7, 11) is 0. The second-order valence-electron chi connectivity index (χ2n) is 4.64. The van der Waals surface area contributed by atoms with Crippen LogP contribution in [-0.2, 0) is 6.54 Å². The number of thioether (sulfide) groups is 1. The van der Waals surface area contributed by atoms with E-state index >= 15 is 0 Å². The van der Waals surface area contributed by atoms with Crippen molar-refractivity contribution in [2.45, 2.75) is 24.2 Å². The van der Waals surface area contributed by atoms with Gasteiger partial charge >= 0.3 is 5.76 Å². The molecule has 0 aliphatic heterocycles. The van der Waals surface area contributed by atoms with Gasteiger partial charge in [0.25, 0.3) is 0 Å². The highest BCUT2D eigenvalue weighted by atomic mass is 32.2. The molecule has 0 fully saturated rings. The molecule has 0 saturated carbocycles. The van der Waals surface area contributed by atoms with Gasteiger partial charge in [-0.25, -0.2) is 4.79 Å². The number of fused-ring (bicyclic) bond motifs is 1. The van der Waals surface area contributed by atoms with E-state index in [9.17, 15) is 4.79 Å². The Hall–Kier alpha value is -1.80. The van der Waals surface area contributed by atoms with Gasteiger partial charge < -0.3 is 9.73 Å². The van der Waals surface area contributed by atoms with Gasteiger partial charge in [-0.1, -0.05) is 42.2 Å². The summed E-state index contributed by atoms with van der Waals surface area (Å²) >= 11 is 3.13. The Balaban J connectivity index is 1.61. The molecular formula is C14H16N4O2S2. The summed E-state index contributed by atoms with van der Waals surface area (Å²) < 4.78 is 7.77. The van der Waals surface area contributed by atoms with Gasteiger partial charge in [-0.3, -0.25) is 4.57 Å². The summed E-state index contributed by atoms with van der Waals surface area (Å²) in [4.78, 5) is 11.9. The molecular weight excluding hydrogens is 320 g/mol. The maximum atomic E-state index is 11.9. The second-order valence-corrected chi connectivity index (χ2v) is 6.96. The third-order valence-electron chi connectivity index (χ3n) is 3.05. The van der Waals surface area contributed by atoms with Gasteiger partial charge in [0, 0.05) is 18.8 Å². The number of para-hydroxylation sites is 2. The van der Waals surface area contributed by atoms with E-state index in [0.29, 0.717) is 12.1 Å². The third-order valence-corrected chi connectivity index (χ3v) is 5.04. The predicted octanol–water partition coefficient (Wildman–Crippen LogP) is 3.06. The minimum Gasteiger partial charge on any atom is -0.408 e. The van der Waals surface area contributed by atoms with Crippen LogP contribution in [0.1, 0.15) is 13.3 Å². The topological polar surface area (TPSA) is 73.0 Å². The van der Waals surface area contributed by atoms with Crippen molar-refractivity contribution in [1.82, 2.24) is 14.8 Å². The van der Waals surface area contributed by atoms with Crippen LogP contribution in [0.15, 0.2) is 37.8 Å². The first-order valence-electron chi connectivity index (χ1n) is 7.06. The summed E-state index contributed by atoms with van der Waals surface area (Å²) in [5.41, 5.74) is 1.45. The Morgan fingerprint density at radius 3 is 3.09 bits per heavy atom. The summed E-state index contributed by atoms with van der Waals surface area (Å²) in [6, 6.07) is 7.45. The summed E-state index contributed by atoms with van der Waals surface area (Å²) in [6.45, 7) is 3.59. The number of nitrogens with one attached hydrogen (secondary N) is 1. The molecule has 116 valence electrons. The molecule has 0 saturated heterocycles. The van der Waals surface area contributed by atoms with Gasteiger partial charge in [0.15, 0.2) is 9.92 Å². The highest BCUT2D eigenvalue weighted by Crippen LogP contribution is 2.25. The average Bonchev–Trinajstić information content (AvgIpc) is 3.10. The summed E-state index contributed by atoms with van der Waals surface area (Å²) in [5.74, 6) is 0.427. The van der Waals surface area contributed by atoms with Crippen LogP contribution in [0.2, 0.25) is 0 Å². The van der Waals surface area contributed by atoms with E-state index in [-0.39, 0.29) is 5.76 Å². The molecule has 0 bridgehead atoms. The summed E-state index contributed by atoms with van der Waals surface area (Å²) in [6.07, 6.45) is 1.05. The maximum Gasteiger partial charge on any atom is 0.419 e. The molecule has 3 aromatic rings. The van der Waals surface area contributed by atoms with E-state index in [1.54, 1.807) is 22.4 Å². The predicted molar refractivity (Wildman–Crippen MR) is 89.9 cm³/mol. The van der Waals surface area contributed by atoms with Crippen LogP contribution in [-0.4, -0.2) is 27.1 Å². The number of anilines is 1. The lowest BCUT2D eigenvalue weighted by atomic mass is 10.3. The largest absolute Gasteiger partial charge is 0.419 e. The number of benzene rings is 1. The Bertz CT molecular complexity index is 808. The van der Waals surface area contributed by atoms with Crippen LogP contribution in [0.25, 0.3) is 11.1 Å². The molecule has 1 aromatic carbocycles. The van der Waals surface area contributed by atoms with E-state index in [2.05, 4.69) is 22.4 Å². The number of rotatable bonds is 7. The first kappa shape index (κ1) is 15.1. The third kappa shape index (κ3) is 3.33. The lowest BCUT2D eigenvalue weighted by Gasteiger charge is -2.00. The minimum absolute atomic E-state index is 0.315. The van der Waals surface area contributed by atoms with Crippen LogP contribution < -0.4 is 11.1 Å². The van der Waals surface area contributed by atoms with Gasteiger partial charge in [-0.15, -0.1) is 10.2 Å². The van der Waals surface area contributed by atoms with E-state index in [4.69, 9.17) is 4.42 Å². The van der Waals surface area contributed by atoms with Crippen molar-refractivity contribution in [2.75, 3.05) is 17.6 Å². The Morgan fingerprint density at radius 2 is 2.23 bits per heavy atom. The first-order chi connectivity index (χ1) is 10.8. The lowest BCUT2D eigenvalue weighted by Crippen LogP contribution is -2.15. The molecule has 0 amide bonds. The molecule has 0 aliphatic carbocycles. The maximum absolute atomic E-state index is 11.9. The molecule has 0 radical (unpaired) electrons. The van der Waals surface area contributed by atoms with E-state index in [1.165, 1.54) is 11.3 Å². The molecule has 6 nitrogen and oxygen atoms in total. The fourth-order valence-electron chi connectivity index (χ4n) is 2.02. The van der Waals surface area contributed by atoms with Crippen molar-refractivity contribution in [3.05, 3.63) is 34.8 Å². The Labute approximate surface area is 135 Å². The van der Waals surface area contributed by atoms with Gasteiger partial charge in [0.1, 0.15) is 0 Å². The van der Waals surface area contributed by atoms with Crippen molar-refractivity contribution < 1.29 is 4.42 Å². The van der Waals surface area contributed by atoms with E-state index < -0.39 is 0 Å². The quantitative estimate of drug-likeness (QED) is 0.669. The Morgan fingerprint density at radius 1 is 1.36 bits per heavy atom. The highest BCUT2D eigenvalue weighted by Gasteiger charge is 2.09. The SMILES string of the molecule is CCCNc1nnc(SCCn2c(=O)oc3ccccc32)s1. The molecule has 0 aliphatic rings. The molecule has 0 unspecified atom stereocenters. The fourth-order valence-corrected chi connectivity index (χ4v) is 3.79. The molecule has 0 atom stereocenters. The molecule has 22 heavy (non-hydrogen) atoms. The van der Waals surface area contributed by atoms with E-state index in [0.717, 1.165) is 33.7 Å². The van der Waals surface area contributed by atoms with Crippen molar-refractivity contribution in [3.63, 3.8) is 0 Å². The number of aromatic nitrogens is 3. The smallest absolute Gasteiger partial charge is 0.408 e. The van der Waals surface area contributed by atoms with Crippen LogP contribution in [0.3, 0.4) is 0 Å². The zero-order valence-electron chi connectivity index (χ0n) is 12.1. The Kier molecular flexibility index (Phi) is 4.79. The summed E-state index contributed by atoms with van der Waals surface area (Å²) in [5, 5.41) is 12.3. The minimum atomic E-state index is -0.315. The molecule has 2 heterocycles. The molecule has 2 aromatic heterocycles. The van der Waals surface area contributed by atoms with Crippen molar-refractivity contribution >= 4 is 39.3 Å². The molecule has 1 N–H and O–H groups in total. The lowest BCUT2D eigenvalue weighted by molar-refractivity contribution is 0.514. The van der Waals surface area contributed by atoms with Crippen LogP contribution in [0, 0.1) is 0 Å². The van der Waals surface area contributed by atoms with Crippen molar-refractivity contribution in [3.8, 4) is 0 Å². The zero-order chi connectivity index (χ0) is 15.4.